The van der Waals surface area contributed by atoms with E-state index in [1.54, 1.807) is 0 Å². The summed E-state index contributed by atoms with van der Waals surface area (Å²) in [6.45, 7) is 5.34. The molecule has 0 radical (unpaired) electrons. The number of ether oxygens (including phenoxy) is 1. The zero-order valence-electron chi connectivity index (χ0n) is 12.0. The van der Waals surface area contributed by atoms with Crippen LogP contribution in [0.1, 0.15) is 38.2 Å². The van der Waals surface area contributed by atoms with Crippen LogP contribution in [0.5, 0.6) is 5.75 Å². The van der Waals surface area contributed by atoms with Gasteiger partial charge in [0.15, 0.2) is 0 Å². The zero-order chi connectivity index (χ0) is 13.7. The maximum Gasteiger partial charge on any atom is 0.122 e. The molecule has 19 heavy (non-hydrogen) atoms. The van der Waals surface area contributed by atoms with E-state index in [-0.39, 0.29) is 0 Å². The minimum Gasteiger partial charge on any atom is -0.493 e. The van der Waals surface area contributed by atoms with Crippen molar-refractivity contribution in [2.45, 2.75) is 38.6 Å². The van der Waals surface area contributed by atoms with E-state index < -0.39 is 0 Å². The van der Waals surface area contributed by atoms with Gasteiger partial charge < -0.3 is 10.5 Å². The number of para-hydroxylation sites is 1. The molecule has 0 amide bonds. The van der Waals surface area contributed by atoms with Crippen molar-refractivity contribution < 1.29 is 4.74 Å². The first-order valence-electron chi connectivity index (χ1n) is 7.22. The minimum absolute atomic E-state index is 0.292. The zero-order valence-corrected chi connectivity index (χ0v) is 12.8. The highest BCUT2D eigenvalue weighted by atomic mass is 32.2. The highest BCUT2D eigenvalue weighted by Crippen LogP contribution is 2.36. The largest absolute Gasteiger partial charge is 0.493 e. The van der Waals surface area contributed by atoms with Gasteiger partial charge >= 0.3 is 0 Å². The third kappa shape index (κ3) is 4.43. The fraction of sp³-hybridized carbons (Fsp3) is 0.625. The molecular formula is C16H25NOS. The van der Waals surface area contributed by atoms with Crippen LogP contribution in [0.25, 0.3) is 0 Å². The predicted octanol–water partition coefficient (Wildman–Crippen LogP) is 3.66. The Bertz CT molecular complexity index is 394. The van der Waals surface area contributed by atoms with E-state index in [1.165, 1.54) is 11.3 Å². The van der Waals surface area contributed by atoms with E-state index in [0.29, 0.717) is 12.0 Å². The highest BCUT2D eigenvalue weighted by molar-refractivity contribution is 7.99. The second-order valence-electron chi connectivity index (χ2n) is 5.80. The predicted molar refractivity (Wildman–Crippen MR) is 84.1 cm³/mol. The van der Waals surface area contributed by atoms with E-state index in [4.69, 9.17) is 10.5 Å². The molecule has 3 heteroatoms. The van der Waals surface area contributed by atoms with Crippen LogP contribution in [-0.2, 0) is 0 Å². The van der Waals surface area contributed by atoms with Gasteiger partial charge in [0.1, 0.15) is 5.75 Å². The molecule has 0 aromatic heterocycles. The SMILES string of the molecule is CC(C)CSCC(N)CC1CCOc2ccccc21. The third-order valence-electron chi connectivity index (χ3n) is 3.45. The van der Waals surface area contributed by atoms with Crippen molar-refractivity contribution in [3.63, 3.8) is 0 Å². The molecule has 0 bridgehead atoms. The normalized spacial score (nSPS) is 19.9. The molecule has 0 fully saturated rings. The lowest BCUT2D eigenvalue weighted by molar-refractivity contribution is 0.260. The number of nitrogens with two attached hydrogens (primary N) is 1. The Hall–Kier alpha value is -0.670. The fourth-order valence-electron chi connectivity index (χ4n) is 2.55. The molecule has 2 rings (SSSR count). The van der Waals surface area contributed by atoms with Crippen LogP contribution in [0, 0.1) is 5.92 Å². The second kappa shape index (κ2) is 7.20. The summed E-state index contributed by atoms with van der Waals surface area (Å²) in [6.07, 6.45) is 2.17. The summed E-state index contributed by atoms with van der Waals surface area (Å²) in [5.74, 6) is 4.65. The molecule has 0 saturated carbocycles. The molecule has 0 saturated heterocycles. The molecular weight excluding hydrogens is 254 g/mol. The number of benzene rings is 1. The lowest BCUT2D eigenvalue weighted by atomic mass is 9.88. The molecule has 2 N–H and O–H groups in total. The smallest absolute Gasteiger partial charge is 0.122 e. The van der Waals surface area contributed by atoms with Crippen LogP contribution < -0.4 is 10.5 Å². The van der Waals surface area contributed by atoms with Gasteiger partial charge in [0.2, 0.25) is 0 Å². The van der Waals surface area contributed by atoms with E-state index in [1.807, 2.05) is 17.8 Å². The first-order valence-corrected chi connectivity index (χ1v) is 8.37. The molecule has 106 valence electrons. The van der Waals surface area contributed by atoms with E-state index in [9.17, 15) is 0 Å². The fourth-order valence-corrected chi connectivity index (χ4v) is 3.60. The van der Waals surface area contributed by atoms with Gasteiger partial charge in [-0.1, -0.05) is 32.0 Å². The van der Waals surface area contributed by atoms with Gasteiger partial charge in [-0.05, 0) is 42.1 Å². The van der Waals surface area contributed by atoms with Crippen molar-refractivity contribution in [1.82, 2.24) is 0 Å². The lowest BCUT2D eigenvalue weighted by Gasteiger charge is -2.27. The Morgan fingerprint density at radius 3 is 2.89 bits per heavy atom. The van der Waals surface area contributed by atoms with E-state index >= 15 is 0 Å². The Labute approximate surface area is 121 Å². The number of hydrogen-bond donors (Lipinski definition) is 1. The van der Waals surface area contributed by atoms with Crippen LogP contribution in [0.15, 0.2) is 24.3 Å². The molecule has 1 aromatic rings. The first-order chi connectivity index (χ1) is 9.16. The standard InChI is InChI=1S/C16H25NOS/c1-12(2)10-19-11-14(17)9-13-7-8-18-16-6-4-3-5-15(13)16/h3-6,12-14H,7-11,17H2,1-2H3. The summed E-state index contributed by atoms with van der Waals surface area (Å²) in [4.78, 5) is 0. The van der Waals surface area contributed by atoms with Crippen molar-refractivity contribution in [1.29, 1.82) is 0 Å². The van der Waals surface area contributed by atoms with Gasteiger partial charge in [-0.3, -0.25) is 0 Å². The van der Waals surface area contributed by atoms with Gasteiger partial charge in [0, 0.05) is 11.8 Å². The Balaban J connectivity index is 1.86. The Morgan fingerprint density at radius 2 is 2.11 bits per heavy atom. The van der Waals surface area contributed by atoms with Crippen molar-refractivity contribution in [2.75, 3.05) is 18.1 Å². The molecule has 0 spiro atoms. The molecule has 0 aliphatic carbocycles. The number of hydrogen-bond acceptors (Lipinski definition) is 3. The van der Waals surface area contributed by atoms with Gasteiger partial charge in [-0.2, -0.15) is 11.8 Å². The average molecular weight is 279 g/mol. The molecule has 2 nitrogen and oxygen atoms in total. The van der Waals surface area contributed by atoms with Crippen molar-refractivity contribution >= 4 is 11.8 Å². The summed E-state index contributed by atoms with van der Waals surface area (Å²) in [5.41, 5.74) is 7.63. The van der Waals surface area contributed by atoms with Crippen LogP contribution in [0.2, 0.25) is 0 Å². The maximum atomic E-state index is 6.29. The van der Waals surface area contributed by atoms with E-state index in [0.717, 1.165) is 36.9 Å². The van der Waals surface area contributed by atoms with Crippen molar-refractivity contribution in [3.8, 4) is 5.75 Å². The van der Waals surface area contributed by atoms with Gasteiger partial charge in [0.05, 0.1) is 6.61 Å². The summed E-state index contributed by atoms with van der Waals surface area (Å²) in [7, 11) is 0. The number of fused-ring (bicyclic) bond motifs is 1. The summed E-state index contributed by atoms with van der Waals surface area (Å²) < 4.78 is 5.70. The van der Waals surface area contributed by atoms with Gasteiger partial charge in [0.25, 0.3) is 0 Å². The lowest BCUT2D eigenvalue weighted by Crippen LogP contribution is -2.28. The van der Waals surface area contributed by atoms with Crippen molar-refractivity contribution in [3.05, 3.63) is 29.8 Å². The molecule has 1 aliphatic rings. The quantitative estimate of drug-likeness (QED) is 0.863. The number of rotatable bonds is 6. The highest BCUT2D eigenvalue weighted by Gasteiger charge is 2.22. The van der Waals surface area contributed by atoms with E-state index in [2.05, 4.69) is 32.0 Å². The third-order valence-corrected chi connectivity index (χ3v) is 5.02. The van der Waals surface area contributed by atoms with Crippen LogP contribution in [0.3, 0.4) is 0 Å². The maximum absolute atomic E-state index is 6.29. The van der Waals surface area contributed by atoms with Gasteiger partial charge in [-0.15, -0.1) is 0 Å². The monoisotopic (exact) mass is 279 g/mol. The van der Waals surface area contributed by atoms with Gasteiger partial charge in [-0.25, -0.2) is 0 Å². The molecule has 1 aliphatic heterocycles. The average Bonchev–Trinajstić information content (AvgIpc) is 2.39. The summed E-state index contributed by atoms with van der Waals surface area (Å²) in [6, 6.07) is 8.69. The minimum atomic E-state index is 0.292. The molecule has 1 aromatic carbocycles. The van der Waals surface area contributed by atoms with Crippen LogP contribution >= 0.6 is 11.8 Å². The Morgan fingerprint density at radius 1 is 1.32 bits per heavy atom. The van der Waals surface area contributed by atoms with Crippen LogP contribution in [-0.4, -0.2) is 24.2 Å². The first kappa shape index (κ1) is 14.7. The molecule has 1 heterocycles. The number of thioether (sulfide) groups is 1. The van der Waals surface area contributed by atoms with Crippen LogP contribution in [0.4, 0.5) is 0 Å². The molecule has 2 unspecified atom stereocenters. The van der Waals surface area contributed by atoms with Crippen molar-refractivity contribution in [2.24, 2.45) is 11.7 Å². The molecule has 2 atom stereocenters. The second-order valence-corrected chi connectivity index (χ2v) is 6.87. The summed E-state index contributed by atoms with van der Waals surface area (Å²) in [5, 5.41) is 0. The topological polar surface area (TPSA) is 35.2 Å². The Kier molecular flexibility index (Phi) is 5.59. The summed E-state index contributed by atoms with van der Waals surface area (Å²) >= 11 is 1.98.